The summed E-state index contributed by atoms with van der Waals surface area (Å²) < 4.78 is 0. The lowest BCUT2D eigenvalue weighted by molar-refractivity contribution is 0.0965. The molecule has 2 heterocycles. The molecule has 0 aliphatic carbocycles. The van der Waals surface area contributed by atoms with E-state index in [0.29, 0.717) is 12.2 Å². The summed E-state index contributed by atoms with van der Waals surface area (Å²) in [6.07, 6.45) is 0. The number of hydrogen-bond acceptors (Lipinski definition) is 3. The molecule has 4 nitrogen and oxygen atoms in total. The third-order valence-electron chi connectivity index (χ3n) is 3.72. The van der Waals surface area contributed by atoms with Crippen LogP contribution in [0.15, 0.2) is 30.3 Å². The van der Waals surface area contributed by atoms with Crippen LogP contribution in [-0.2, 0) is 6.54 Å². The number of pyridine rings is 1. The molecule has 0 saturated heterocycles. The molecule has 1 aliphatic rings. The zero-order valence-corrected chi connectivity index (χ0v) is 13.4. The molecule has 0 fully saturated rings. The monoisotopic (exact) mass is 306 g/mol. The van der Waals surface area contributed by atoms with Gasteiger partial charge in [-0.2, -0.15) is 0 Å². The van der Waals surface area contributed by atoms with E-state index >= 15 is 0 Å². The average Bonchev–Trinajstić information content (AvgIpc) is 2.87. The summed E-state index contributed by atoms with van der Waals surface area (Å²) in [5.41, 5.74) is 4.18. The highest BCUT2D eigenvalue weighted by Gasteiger charge is 2.22. The number of amides is 1. The topological polar surface area (TPSA) is 62.2 Å². The summed E-state index contributed by atoms with van der Waals surface area (Å²) in [5, 5.41) is 12.5. The molecule has 4 heteroatoms. The van der Waals surface area contributed by atoms with Crippen LogP contribution < -0.4 is 5.32 Å². The highest BCUT2D eigenvalue weighted by atomic mass is 16.3. The van der Waals surface area contributed by atoms with Gasteiger partial charge in [0.25, 0.3) is 5.91 Å². The van der Waals surface area contributed by atoms with E-state index in [1.165, 1.54) is 0 Å². The van der Waals surface area contributed by atoms with Gasteiger partial charge in [0, 0.05) is 23.4 Å². The van der Waals surface area contributed by atoms with Gasteiger partial charge < -0.3 is 10.4 Å². The molecule has 0 saturated carbocycles. The second kappa shape index (κ2) is 5.53. The third-order valence-corrected chi connectivity index (χ3v) is 3.72. The Kier molecular flexibility index (Phi) is 3.67. The summed E-state index contributed by atoms with van der Waals surface area (Å²) in [7, 11) is 0. The second-order valence-electron chi connectivity index (χ2n) is 6.15. The van der Waals surface area contributed by atoms with Crippen molar-refractivity contribution in [2.45, 2.75) is 32.9 Å². The van der Waals surface area contributed by atoms with Crippen LogP contribution in [0.4, 0.5) is 0 Å². The van der Waals surface area contributed by atoms with Gasteiger partial charge in [0.05, 0.1) is 0 Å². The smallest absolute Gasteiger partial charge is 0.251 e. The fourth-order valence-electron chi connectivity index (χ4n) is 2.64. The van der Waals surface area contributed by atoms with Crippen molar-refractivity contribution in [3.05, 3.63) is 52.8 Å². The van der Waals surface area contributed by atoms with Gasteiger partial charge in [0.15, 0.2) is 0 Å². The van der Waals surface area contributed by atoms with Gasteiger partial charge in [-0.05, 0) is 56.0 Å². The van der Waals surface area contributed by atoms with Crippen LogP contribution in [-0.4, -0.2) is 21.6 Å². The standard InChI is InChI=1S/C19H18N2O2/c1-12-14(8-7-13(21-12)9-10-19(2,3)23)15-5-4-6-16-17(15)11-20-18(16)22/h4-8,23H,11H2,1-3H3,(H,20,22). The summed E-state index contributed by atoms with van der Waals surface area (Å²) in [6, 6.07) is 9.54. The number of carbonyl (C=O) groups is 1. The Morgan fingerprint density at radius 1 is 1.17 bits per heavy atom. The predicted molar refractivity (Wildman–Crippen MR) is 88.8 cm³/mol. The van der Waals surface area contributed by atoms with E-state index in [9.17, 15) is 9.90 Å². The Bertz CT molecular complexity index is 852. The van der Waals surface area contributed by atoms with E-state index in [1.54, 1.807) is 13.8 Å². The van der Waals surface area contributed by atoms with E-state index in [0.717, 1.165) is 27.9 Å². The van der Waals surface area contributed by atoms with E-state index in [1.807, 2.05) is 37.3 Å². The Labute approximate surface area is 135 Å². The van der Waals surface area contributed by atoms with Crippen LogP contribution in [0, 0.1) is 18.8 Å². The number of nitrogens with one attached hydrogen (secondary N) is 1. The van der Waals surface area contributed by atoms with Crippen molar-refractivity contribution in [2.24, 2.45) is 0 Å². The second-order valence-corrected chi connectivity index (χ2v) is 6.15. The zero-order chi connectivity index (χ0) is 16.6. The van der Waals surface area contributed by atoms with Crippen molar-refractivity contribution in [3.63, 3.8) is 0 Å². The lowest BCUT2D eigenvalue weighted by Gasteiger charge is -2.10. The number of aromatic nitrogens is 1. The molecule has 1 aliphatic heterocycles. The molecule has 3 rings (SSSR count). The van der Waals surface area contributed by atoms with Crippen molar-refractivity contribution in [2.75, 3.05) is 0 Å². The lowest BCUT2D eigenvalue weighted by atomic mass is 9.96. The largest absolute Gasteiger partial charge is 0.378 e. The molecule has 116 valence electrons. The van der Waals surface area contributed by atoms with Crippen LogP contribution in [0.2, 0.25) is 0 Å². The first-order chi connectivity index (χ1) is 10.8. The fourth-order valence-corrected chi connectivity index (χ4v) is 2.64. The van der Waals surface area contributed by atoms with Gasteiger partial charge in [-0.3, -0.25) is 4.79 Å². The molecule has 0 spiro atoms. The van der Waals surface area contributed by atoms with Crippen LogP contribution in [0.3, 0.4) is 0 Å². The summed E-state index contributed by atoms with van der Waals surface area (Å²) in [4.78, 5) is 16.3. The summed E-state index contributed by atoms with van der Waals surface area (Å²) in [5.74, 6) is 5.62. The van der Waals surface area contributed by atoms with Crippen molar-refractivity contribution in [3.8, 4) is 23.0 Å². The number of fused-ring (bicyclic) bond motifs is 1. The van der Waals surface area contributed by atoms with Gasteiger partial charge in [-0.1, -0.05) is 18.1 Å². The number of carbonyl (C=O) groups excluding carboxylic acids is 1. The first-order valence-electron chi connectivity index (χ1n) is 7.49. The molecule has 1 aromatic heterocycles. The average molecular weight is 306 g/mol. The predicted octanol–water partition coefficient (Wildman–Crippen LogP) is 2.42. The maximum absolute atomic E-state index is 11.8. The van der Waals surface area contributed by atoms with Crippen molar-refractivity contribution >= 4 is 5.91 Å². The molecule has 0 bridgehead atoms. The van der Waals surface area contributed by atoms with Crippen LogP contribution in [0.5, 0.6) is 0 Å². The number of aryl methyl sites for hydroxylation is 1. The SMILES string of the molecule is Cc1nc(C#CC(C)(C)O)ccc1-c1cccc2c1CNC2=O. The quantitative estimate of drug-likeness (QED) is 0.795. The molecule has 2 aromatic rings. The molecule has 0 atom stereocenters. The summed E-state index contributed by atoms with van der Waals surface area (Å²) >= 11 is 0. The van der Waals surface area contributed by atoms with Crippen LogP contribution >= 0.6 is 0 Å². The fraction of sp³-hybridized carbons (Fsp3) is 0.263. The van der Waals surface area contributed by atoms with Gasteiger partial charge in [-0.25, -0.2) is 4.98 Å². The van der Waals surface area contributed by atoms with E-state index in [2.05, 4.69) is 22.1 Å². The first-order valence-corrected chi connectivity index (χ1v) is 7.49. The van der Waals surface area contributed by atoms with Crippen LogP contribution in [0.1, 0.15) is 41.2 Å². The molecule has 1 aromatic carbocycles. The first kappa shape index (κ1) is 15.3. The number of benzene rings is 1. The van der Waals surface area contributed by atoms with Crippen LogP contribution in [0.25, 0.3) is 11.1 Å². The van der Waals surface area contributed by atoms with Crippen molar-refractivity contribution in [1.82, 2.24) is 10.3 Å². The number of hydrogen-bond donors (Lipinski definition) is 2. The maximum Gasteiger partial charge on any atom is 0.251 e. The normalized spacial score (nSPS) is 13.1. The lowest BCUT2D eigenvalue weighted by Crippen LogP contribution is -2.14. The van der Waals surface area contributed by atoms with Gasteiger partial charge in [-0.15, -0.1) is 0 Å². The molecular weight excluding hydrogens is 288 g/mol. The van der Waals surface area contributed by atoms with E-state index in [4.69, 9.17) is 0 Å². The van der Waals surface area contributed by atoms with Gasteiger partial charge in [0.2, 0.25) is 0 Å². The Morgan fingerprint density at radius 3 is 2.61 bits per heavy atom. The van der Waals surface area contributed by atoms with Crippen molar-refractivity contribution in [1.29, 1.82) is 0 Å². The number of aliphatic hydroxyl groups is 1. The maximum atomic E-state index is 11.8. The molecular formula is C19H18N2O2. The number of nitrogens with zero attached hydrogens (tertiary/aromatic N) is 1. The number of rotatable bonds is 1. The minimum atomic E-state index is -1.04. The Balaban J connectivity index is 2.03. The zero-order valence-electron chi connectivity index (χ0n) is 13.4. The highest BCUT2D eigenvalue weighted by Crippen LogP contribution is 2.30. The molecule has 23 heavy (non-hydrogen) atoms. The highest BCUT2D eigenvalue weighted by molar-refractivity contribution is 6.00. The molecule has 0 radical (unpaired) electrons. The summed E-state index contributed by atoms with van der Waals surface area (Å²) in [6.45, 7) is 5.75. The molecule has 2 N–H and O–H groups in total. The van der Waals surface area contributed by atoms with E-state index < -0.39 is 5.60 Å². The molecule has 1 amide bonds. The van der Waals surface area contributed by atoms with Gasteiger partial charge >= 0.3 is 0 Å². The minimum absolute atomic E-state index is 0.0277. The Morgan fingerprint density at radius 2 is 1.91 bits per heavy atom. The Hall–Kier alpha value is -2.64. The van der Waals surface area contributed by atoms with E-state index in [-0.39, 0.29) is 5.91 Å². The molecule has 0 unspecified atom stereocenters. The minimum Gasteiger partial charge on any atom is -0.378 e. The van der Waals surface area contributed by atoms with Gasteiger partial charge in [0.1, 0.15) is 11.3 Å². The van der Waals surface area contributed by atoms with Crippen molar-refractivity contribution < 1.29 is 9.90 Å². The third kappa shape index (κ3) is 3.10.